The maximum absolute atomic E-state index is 13.8. The van der Waals surface area contributed by atoms with Gasteiger partial charge in [-0.1, -0.05) is 34.1 Å². The van der Waals surface area contributed by atoms with Gasteiger partial charge < -0.3 is 10.6 Å². The lowest BCUT2D eigenvalue weighted by Crippen LogP contribution is -2.02. The van der Waals surface area contributed by atoms with Crippen molar-refractivity contribution in [3.8, 4) is 0 Å². The van der Waals surface area contributed by atoms with Crippen molar-refractivity contribution in [3.63, 3.8) is 0 Å². The van der Waals surface area contributed by atoms with Gasteiger partial charge in [-0.3, -0.25) is 0 Å². The van der Waals surface area contributed by atoms with Gasteiger partial charge in [0.05, 0.1) is 5.69 Å². The fourth-order valence-corrected chi connectivity index (χ4v) is 2.59. The molecule has 2 N–H and O–H groups in total. The minimum absolute atomic E-state index is 0.328. The zero-order chi connectivity index (χ0) is 17.1. The van der Waals surface area contributed by atoms with Crippen molar-refractivity contribution in [3.05, 3.63) is 70.2 Å². The highest BCUT2D eigenvalue weighted by atomic mass is 79.9. The van der Waals surface area contributed by atoms with Crippen LogP contribution in [-0.4, -0.2) is 9.97 Å². The SMILES string of the molecule is Cc1nc(Nc2ccc(C)c(Br)c2)cc(Nc2ccccc2F)n1. The molecule has 0 fully saturated rings. The Hall–Kier alpha value is -2.47. The Bertz CT molecular complexity index is 883. The first-order valence-electron chi connectivity index (χ1n) is 7.42. The molecule has 1 aromatic heterocycles. The summed E-state index contributed by atoms with van der Waals surface area (Å²) in [5.74, 6) is 1.43. The number of halogens is 2. The van der Waals surface area contributed by atoms with Crippen LogP contribution in [0.2, 0.25) is 0 Å². The van der Waals surface area contributed by atoms with E-state index in [2.05, 4.69) is 36.5 Å². The molecule has 4 nitrogen and oxygen atoms in total. The second kappa shape index (κ2) is 6.97. The van der Waals surface area contributed by atoms with Crippen LogP contribution >= 0.6 is 15.9 Å². The second-order valence-corrected chi connectivity index (χ2v) is 6.23. The number of benzene rings is 2. The molecule has 0 aliphatic heterocycles. The fraction of sp³-hybridized carbons (Fsp3) is 0.111. The van der Waals surface area contributed by atoms with Crippen LogP contribution in [0.1, 0.15) is 11.4 Å². The summed E-state index contributed by atoms with van der Waals surface area (Å²) in [6.07, 6.45) is 0. The molecule has 2 aromatic carbocycles. The van der Waals surface area contributed by atoms with Crippen LogP contribution in [0, 0.1) is 19.7 Å². The number of para-hydroxylation sites is 1. The van der Waals surface area contributed by atoms with E-state index < -0.39 is 0 Å². The quantitative estimate of drug-likeness (QED) is 0.622. The summed E-state index contributed by atoms with van der Waals surface area (Å²) in [5.41, 5.74) is 2.43. The Labute approximate surface area is 148 Å². The van der Waals surface area contributed by atoms with Gasteiger partial charge in [-0.25, -0.2) is 14.4 Å². The first-order chi connectivity index (χ1) is 11.5. The van der Waals surface area contributed by atoms with Gasteiger partial charge in [0, 0.05) is 16.2 Å². The van der Waals surface area contributed by atoms with E-state index in [1.165, 1.54) is 6.07 Å². The highest BCUT2D eigenvalue weighted by Crippen LogP contribution is 2.25. The molecule has 0 unspecified atom stereocenters. The van der Waals surface area contributed by atoms with Crippen molar-refractivity contribution in [2.45, 2.75) is 13.8 Å². The number of nitrogens with zero attached hydrogens (tertiary/aromatic N) is 2. The van der Waals surface area contributed by atoms with Gasteiger partial charge in [0.15, 0.2) is 0 Å². The van der Waals surface area contributed by atoms with Gasteiger partial charge in [0.25, 0.3) is 0 Å². The fourth-order valence-electron chi connectivity index (χ4n) is 2.21. The average molecular weight is 387 g/mol. The van der Waals surface area contributed by atoms with Gasteiger partial charge in [-0.05, 0) is 43.7 Å². The van der Waals surface area contributed by atoms with E-state index >= 15 is 0 Å². The first-order valence-corrected chi connectivity index (χ1v) is 8.21. The lowest BCUT2D eigenvalue weighted by Gasteiger charge is -2.11. The van der Waals surface area contributed by atoms with E-state index in [1.807, 2.05) is 25.1 Å². The predicted molar refractivity (Wildman–Crippen MR) is 98.6 cm³/mol. The lowest BCUT2D eigenvalue weighted by molar-refractivity contribution is 0.632. The largest absolute Gasteiger partial charge is 0.340 e. The Morgan fingerprint density at radius 1 is 0.917 bits per heavy atom. The Morgan fingerprint density at radius 2 is 1.62 bits per heavy atom. The highest BCUT2D eigenvalue weighted by Gasteiger charge is 2.06. The van der Waals surface area contributed by atoms with Crippen LogP contribution in [-0.2, 0) is 0 Å². The smallest absolute Gasteiger partial charge is 0.146 e. The number of aromatic nitrogens is 2. The van der Waals surface area contributed by atoms with Crippen molar-refractivity contribution in [1.82, 2.24) is 9.97 Å². The van der Waals surface area contributed by atoms with Gasteiger partial charge in [-0.2, -0.15) is 0 Å². The molecular weight excluding hydrogens is 371 g/mol. The van der Waals surface area contributed by atoms with E-state index in [9.17, 15) is 4.39 Å². The summed E-state index contributed by atoms with van der Waals surface area (Å²) < 4.78 is 14.8. The van der Waals surface area contributed by atoms with Gasteiger partial charge in [0.2, 0.25) is 0 Å². The minimum atomic E-state index is -0.328. The Morgan fingerprint density at radius 3 is 2.33 bits per heavy atom. The maximum Gasteiger partial charge on any atom is 0.146 e. The monoisotopic (exact) mass is 386 g/mol. The highest BCUT2D eigenvalue weighted by molar-refractivity contribution is 9.10. The minimum Gasteiger partial charge on any atom is -0.340 e. The predicted octanol–water partition coefficient (Wildman–Crippen LogP) is 5.48. The molecule has 3 aromatic rings. The molecule has 0 atom stereocenters. The number of nitrogens with one attached hydrogen (secondary N) is 2. The van der Waals surface area contributed by atoms with Crippen LogP contribution in [0.15, 0.2) is 53.0 Å². The van der Waals surface area contributed by atoms with E-state index in [1.54, 1.807) is 31.2 Å². The molecule has 0 radical (unpaired) electrons. The van der Waals surface area contributed by atoms with Crippen LogP contribution in [0.5, 0.6) is 0 Å². The van der Waals surface area contributed by atoms with Crippen molar-refractivity contribution in [2.75, 3.05) is 10.6 Å². The Balaban J connectivity index is 1.86. The van der Waals surface area contributed by atoms with Crippen LogP contribution in [0.4, 0.5) is 27.4 Å². The lowest BCUT2D eigenvalue weighted by atomic mass is 10.2. The van der Waals surface area contributed by atoms with Crippen molar-refractivity contribution in [1.29, 1.82) is 0 Å². The summed E-state index contributed by atoms with van der Waals surface area (Å²) in [4.78, 5) is 8.68. The molecule has 24 heavy (non-hydrogen) atoms. The Kier molecular flexibility index (Phi) is 4.76. The first kappa shape index (κ1) is 16.4. The molecule has 3 rings (SSSR count). The normalized spacial score (nSPS) is 10.5. The average Bonchev–Trinajstić information content (AvgIpc) is 2.53. The molecule has 0 spiro atoms. The zero-order valence-electron chi connectivity index (χ0n) is 13.3. The molecule has 0 bridgehead atoms. The van der Waals surface area contributed by atoms with Gasteiger partial charge >= 0.3 is 0 Å². The molecule has 0 aliphatic rings. The summed E-state index contributed by atoms with van der Waals surface area (Å²) in [6.45, 7) is 3.82. The van der Waals surface area contributed by atoms with Crippen molar-refractivity contribution in [2.24, 2.45) is 0 Å². The summed E-state index contributed by atoms with van der Waals surface area (Å²) >= 11 is 3.51. The zero-order valence-corrected chi connectivity index (χ0v) is 14.9. The summed E-state index contributed by atoms with van der Waals surface area (Å²) in [7, 11) is 0. The molecule has 0 saturated carbocycles. The molecule has 122 valence electrons. The summed E-state index contributed by atoms with van der Waals surface area (Å²) in [6, 6.07) is 14.2. The summed E-state index contributed by atoms with van der Waals surface area (Å²) in [5, 5.41) is 6.22. The molecular formula is C18H16BrFN4. The number of aryl methyl sites for hydroxylation is 2. The number of anilines is 4. The van der Waals surface area contributed by atoms with Crippen molar-refractivity contribution < 1.29 is 4.39 Å². The molecule has 0 aliphatic carbocycles. The third-order valence-electron chi connectivity index (χ3n) is 3.42. The molecule has 1 heterocycles. The van der Waals surface area contributed by atoms with E-state index in [-0.39, 0.29) is 5.82 Å². The van der Waals surface area contributed by atoms with Gasteiger partial charge in [0.1, 0.15) is 23.3 Å². The van der Waals surface area contributed by atoms with E-state index in [0.29, 0.717) is 23.1 Å². The van der Waals surface area contributed by atoms with E-state index in [4.69, 9.17) is 0 Å². The molecule has 0 amide bonds. The second-order valence-electron chi connectivity index (χ2n) is 5.38. The third-order valence-corrected chi connectivity index (χ3v) is 4.27. The number of hydrogen-bond acceptors (Lipinski definition) is 4. The van der Waals surface area contributed by atoms with Crippen LogP contribution in [0.25, 0.3) is 0 Å². The van der Waals surface area contributed by atoms with Crippen molar-refractivity contribution >= 4 is 38.9 Å². The third kappa shape index (κ3) is 3.89. The van der Waals surface area contributed by atoms with E-state index in [0.717, 1.165) is 15.7 Å². The van der Waals surface area contributed by atoms with Gasteiger partial charge in [-0.15, -0.1) is 0 Å². The molecule has 6 heteroatoms. The number of rotatable bonds is 4. The standard InChI is InChI=1S/C18H16BrFN4/c1-11-7-8-13(9-14(11)19)23-17-10-18(22-12(2)21-17)24-16-6-4-3-5-15(16)20/h3-10H,1-2H3,(H2,21,22,23,24). The maximum atomic E-state index is 13.8. The van der Waals surface area contributed by atoms with Crippen LogP contribution in [0.3, 0.4) is 0 Å². The molecule has 0 saturated heterocycles. The van der Waals surface area contributed by atoms with Crippen LogP contribution < -0.4 is 10.6 Å². The number of hydrogen-bond donors (Lipinski definition) is 2. The topological polar surface area (TPSA) is 49.8 Å².